The molecule has 0 aliphatic heterocycles. The van der Waals surface area contributed by atoms with Crippen molar-refractivity contribution in [1.29, 1.82) is 0 Å². The first kappa shape index (κ1) is 17.3. The Labute approximate surface area is 153 Å². The summed E-state index contributed by atoms with van der Waals surface area (Å²) in [5.41, 5.74) is 3.84. The van der Waals surface area contributed by atoms with E-state index in [-0.39, 0.29) is 17.8 Å². The van der Waals surface area contributed by atoms with Gasteiger partial charge in [0.15, 0.2) is 0 Å². The van der Waals surface area contributed by atoms with E-state index in [1.807, 2.05) is 12.1 Å². The molecule has 1 aromatic carbocycles. The first-order valence-corrected chi connectivity index (χ1v) is 8.48. The minimum atomic E-state index is -2.77. The minimum absolute atomic E-state index is 0.0616. The number of amides is 1. The third-order valence-corrected chi connectivity index (χ3v) is 4.67. The van der Waals surface area contributed by atoms with Crippen molar-refractivity contribution in [2.24, 2.45) is 7.05 Å². The fourth-order valence-electron chi connectivity index (χ4n) is 3.40. The Morgan fingerprint density at radius 3 is 2.89 bits per heavy atom. The molecular weight excluding hydrogens is 356 g/mol. The molecule has 1 N–H and O–H groups in total. The molecule has 7 nitrogen and oxygen atoms in total. The standard InChI is InChI=1S/C18H17F2N5O2/c1-9-13(8-25(2)23-9)17(26)21-14-6-4-10-7-11(3-5-12(10)14)18-22-16(15(19)20)24-27-18/h3,5,7-8,14-15H,4,6H2,1-2H3,(H,21,26). The van der Waals surface area contributed by atoms with Crippen LogP contribution in [0.4, 0.5) is 8.78 Å². The van der Waals surface area contributed by atoms with Crippen molar-refractivity contribution < 1.29 is 18.1 Å². The van der Waals surface area contributed by atoms with E-state index < -0.39 is 12.2 Å². The molecule has 1 aliphatic carbocycles. The second-order valence-electron chi connectivity index (χ2n) is 6.54. The summed E-state index contributed by atoms with van der Waals surface area (Å²) in [6.07, 6.45) is 0.443. The highest BCUT2D eigenvalue weighted by molar-refractivity contribution is 5.95. The molecule has 0 bridgehead atoms. The van der Waals surface area contributed by atoms with Crippen LogP contribution in [0.1, 0.15) is 51.9 Å². The van der Waals surface area contributed by atoms with Gasteiger partial charge in [-0.15, -0.1) is 0 Å². The van der Waals surface area contributed by atoms with Crippen LogP contribution in [0.5, 0.6) is 0 Å². The fourth-order valence-corrected chi connectivity index (χ4v) is 3.40. The highest BCUT2D eigenvalue weighted by Gasteiger charge is 2.26. The highest BCUT2D eigenvalue weighted by Crippen LogP contribution is 2.34. The van der Waals surface area contributed by atoms with E-state index in [1.54, 1.807) is 30.9 Å². The summed E-state index contributed by atoms with van der Waals surface area (Å²) in [5, 5.41) is 10.5. The average molecular weight is 373 g/mol. The van der Waals surface area contributed by atoms with Crippen LogP contribution in [-0.2, 0) is 13.5 Å². The zero-order valence-electron chi connectivity index (χ0n) is 14.7. The number of nitrogens with one attached hydrogen (secondary N) is 1. The largest absolute Gasteiger partial charge is 0.345 e. The lowest BCUT2D eigenvalue weighted by molar-refractivity contribution is 0.0936. The Balaban J connectivity index is 1.54. The predicted molar refractivity (Wildman–Crippen MR) is 91.2 cm³/mol. The predicted octanol–water partition coefficient (Wildman–Crippen LogP) is 3.13. The quantitative estimate of drug-likeness (QED) is 0.759. The Morgan fingerprint density at radius 2 is 2.22 bits per heavy atom. The molecule has 0 spiro atoms. The van der Waals surface area contributed by atoms with E-state index in [9.17, 15) is 13.6 Å². The van der Waals surface area contributed by atoms with Crippen LogP contribution in [0.3, 0.4) is 0 Å². The molecule has 0 radical (unpaired) electrons. The summed E-state index contributed by atoms with van der Waals surface area (Å²) in [5.74, 6) is -0.727. The minimum Gasteiger partial charge on any atom is -0.345 e. The molecule has 1 unspecified atom stereocenters. The first-order valence-electron chi connectivity index (χ1n) is 8.48. The molecule has 2 heterocycles. The Bertz CT molecular complexity index is 1010. The van der Waals surface area contributed by atoms with Gasteiger partial charge in [0.05, 0.1) is 17.3 Å². The summed E-state index contributed by atoms with van der Waals surface area (Å²) in [4.78, 5) is 16.2. The molecule has 1 atom stereocenters. The van der Waals surface area contributed by atoms with Gasteiger partial charge >= 0.3 is 6.43 Å². The number of benzene rings is 1. The highest BCUT2D eigenvalue weighted by atomic mass is 19.3. The van der Waals surface area contributed by atoms with E-state index in [1.165, 1.54) is 0 Å². The number of nitrogens with zero attached hydrogens (tertiary/aromatic N) is 4. The summed E-state index contributed by atoms with van der Waals surface area (Å²) < 4.78 is 31.8. The maximum absolute atomic E-state index is 12.6. The van der Waals surface area contributed by atoms with Crippen molar-refractivity contribution in [1.82, 2.24) is 25.2 Å². The normalized spacial score (nSPS) is 16.0. The number of rotatable bonds is 4. The lowest BCUT2D eigenvalue weighted by atomic mass is 10.0. The molecule has 3 aromatic rings. The van der Waals surface area contributed by atoms with Gasteiger partial charge in [0, 0.05) is 18.8 Å². The summed E-state index contributed by atoms with van der Waals surface area (Å²) in [6.45, 7) is 1.79. The average Bonchev–Trinajstić information content (AvgIpc) is 3.33. The maximum Gasteiger partial charge on any atom is 0.300 e. The van der Waals surface area contributed by atoms with Gasteiger partial charge in [-0.1, -0.05) is 11.2 Å². The number of fused-ring (bicyclic) bond motifs is 1. The van der Waals surface area contributed by atoms with Crippen LogP contribution in [0.2, 0.25) is 0 Å². The smallest absolute Gasteiger partial charge is 0.300 e. The lowest BCUT2D eigenvalue weighted by Crippen LogP contribution is -2.27. The lowest BCUT2D eigenvalue weighted by Gasteiger charge is -2.14. The van der Waals surface area contributed by atoms with Crippen LogP contribution in [0.15, 0.2) is 28.9 Å². The van der Waals surface area contributed by atoms with Gasteiger partial charge < -0.3 is 9.84 Å². The molecule has 2 aromatic heterocycles. The molecule has 0 saturated carbocycles. The van der Waals surface area contributed by atoms with E-state index >= 15 is 0 Å². The van der Waals surface area contributed by atoms with Crippen molar-refractivity contribution in [3.05, 3.63) is 52.6 Å². The summed E-state index contributed by atoms with van der Waals surface area (Å²) in [6, 6.07) is 5.34. The van der Waals surface area contributed by atoms with Gasteiger partial charge in [-0.2, -0.15) is 10.1 Å². The van der Waals surface area contributed by atoms with Crippen molar-refractivity contribution >= 4 is 5.91 Å². The maximum atomic E-state index is 12.6. The molecule has 4 rings (SSSR count). The molecule has 140 valence electrons. The monoisotopic (exact) mass is 373 g/mol. The molecule has 1 aliphatic rings. The van der Waals surface area contributed by atoms with E-state index in [2.05, 4.69) is 20.6 Å². The number of aryl methyl sites for hydroxylation is 3. The van der Waals surface area contributed by atoms with Crippen LogP contribution >= 0.6 is 0 Å². The van der Waals surface area contributed by atoms with Crippen LogP contribution in [0, 0.1) is 6.92 Å². The Kier molecular flexibility index (Phi) is 4.21. The summed E-state index contributed by atoms with van der Waals surface area (Å²) >= 11 is 0. The zero-order valence-corrected chi connectivity index (χ0v) is 14.7. The Morgan fingerprint density at radius 1 is 1.41 bits per heavy atom. The number of halogens is 2. The number of hydrogen-bond acceptors (Lipinski definition) is 5. The van der Waals surface area contributed by atoms with E-state index in [0.717, 1.165) is 24.0 Å². The number of carbonyl (C=O) groups excluding carboxylic acids is 1. The van der Waals surface area contributed by atoms with Gasteiger partial charge in [0.1, 0.15) is 0 Å². The van der Waals surface area contributed by atoms with E-state index in [0.29, 0.717) is 16.8 Å². The van der Waals surface area contributed by atoms with Gasteiger partial charge in [-0.25, -0.2) is 8.78 Å². The van der Waals surface area contributed by atoms with Gasteiger partial charge in [0.2, 0.25) is 5.82 Å². The first-order chi connectivity index (χ1) is 12.9. The van der Waals surface area contributed by atoms with Gasteiger partial charge in [-0.05, 0) is 43.0 Å². The number of aromatic nitrogens is 4. The van der Waals surface area contributed by atoms with Gasteiger partial charge in [0.25, 0.3) is 11.8 Å². The van der Waals surface area contributed by atoms with Crippen molar-refractivity contribution in [2.75, 3.05) is 0 Å². The summed E-state index contributed by atoms with van der Waals surface area (Å²) in [7, 11) is 1.77. The topological polar surface area (TPSA) is 85.8 Å². The molecular formula is C18H17F2N5O2. The van der Waals surface area contributed by atoms with Crippen LogP contribution < -0.4 is 5.32 Å². The third kappa shape index (κ3) is 3.20. The molecule has 0 fully saturated rings. The molecule has 9 heteroatoms. The molecule has 27 heavy (non-hydrogen) atoms. The number of alkyl halides is 2. The fraction of sp³-hybridized carbons (Fsp3) is 0.333. The zero-order chi connectivity index (χ0) is 19.1. The number of carbonyl (C=O) groups is 1. The van der Waals surface area contributed by atoms with Crippen LogP contribution in [-0.4, -0.2) is 25.8 Å². The van der Waals surface area contributed by atoms with Crippen LogP contribution in [0.25, 0.3) is 11.5 Å². The van der Waals surface area contributed by atoms with Crippen molar-refractivity contribution in [2.45, 2.75) is 32.2 Å². The second kappa shape index (κ2) is 6.57. The van der Waals surface area contributed by atoms with Gasteiger partial charge in [-0.3, -0.25) is 9.48 Å². The third-order valence-electron chi connectivity index (χ3n) is 4.67. The van der Waals surface area contributed by atoms with E-state index in [4.69, 9.17) is 4.52 Å². The number of hydrogen-bond donors (Lipinski definition) is 1. The van der Waals surface area contributed by atoms with Crippen molar-refractivity contribution in [3.63, 3.8) is 0 Å². The molecule has 0 saturated heterocycles. The molecule has 1 amide bonds. The van der Waals surface area contributed by atoms with Crippen molar-refractivity contribution in [3.8, 4) is 11.5 Å². The Hall–Kier alpha value is -3.10. The SMILES string of the molecule is Cc1nn(C)cc1C(=O)NC1CCc2cc(-c3nc(C(F)F)no3)ccc21. The second-order valence-corrected chi connectivity index (χ2v) is 6.54.